The maximum absolute atomic E-state index is 5.16. The first-order valence-electron chi connectivity index (χ1n) is 5.37. The van der Waals surface area contributed by atoms with Gasteiger partial charge in [0.05, 0.1) is 7.11 Å². The van der Waals surface area contributed by atoms with E-state index in [1.807, 2.05) is 12.1 Å². The number of rotatable bonds is 3. The second-order valence-corrected chi connectivity index (χ2v) is 3.95. The highest BCUT2D eigenvalue weighted by Crippen LogP contribution is 2.19. The molecule has 0 saturated heterocycles. The standard InChI is InChI=1S/C12H18N2O/c1-14(15-2)9-11-5-3-4-10-8-13-7-6-12(10)11/h3-5,13H,6-9H2,1-2H3. The first-order valence-corrected chi connectivity index (χ1v) is 5.37. The van der Waals surface area contributed by atoms with Crippen LogP contribution in [0, 0.1) is 0 Å². The third-order valence-electron chi connectivity index (χ3n) is 2.94. The van der Waals surface area contributed by atoms with Crippen molar-refractivity contribution >= 4 is 0 Å². The molecule has 0 bridgehead atoms. The van der Waals surface area contributed by atoms with Crippen LogP contribution < -0.4 is 5.32 Å². The van der Waals surface area contributed by atoms with E-state index in [4.69, 9.17) is 4.84 Å². The van der Waals surface area contributed by atoms with Gasteiger partial charge in [0.15, 0.2) is 0 Å². The van der Waals surface area contributed by atoms with E-state index in [-0.39, 0.29) is 0 Å². The summed E-state index contributed by atoms with van der Waals surface area (Å²) in [6.45, 7) is 2.94. The van der Waals surface area contributed by atoms with Gasteiger partial charge in [0.1, 0.15) is 0 Å². The summed E-state index contributed by atoms with van der Waals surface area (Å²) in [5.74, 6) is 0. The van der Waals surface area contributed by atoms with Gasteiger partial charge in [-0.25, -0.2) is 0 Å². The molecule has 0 spiro atoms. The number of hydrogen-bond donors (Lipinski definition) is 1. The molecule has 1 aliphatic rings. The molecule has 0 radical (unpaired) electrons. The molecular formula is C12H18N2O. The van der Waals surface area contributed by atoms with Crippen molar-refractivity contribution < 1.29 is 4.84 Å². The van der Waals surface area contributed by atoms with E-state index in [1.54, 1.807) is 7.11 Å². The molecular weight excluding hydrogens is 188 g/mol. The highest BCUT2D eigenvalue weighted by atomic mass is 16.7. The number of hydrogen-bond acceptors (Lipinski definition) is 3. The summed E-state index contributed by atoms with van der Waals surface area (Å²) in [6, 6.07) is 6.53. The van der Waals surface area contributed by atoms with Gasteiger partial charge in [0.25, 0.3) is 0 Å². The number of fused-ring (bicyclic) bond motifs is 1. The van der Waals surface area contributed by atoms with Crippen molar-refractivity contribution in [2.45, 2.75) is 19.5 Å². The summed E-state index contributed by atoms with van der Waals surface area (Å²) in [6.07, 6.45) is 1.13. The summed E-state index contributed by atoms with van der Waals surface area (Å²) in [5.41, 5.74) is 4.32. The highest BCUT2D eigenvalue weighted by molar-refractivity contribution is 5.36. The first kappa shape index (κ1) is 10.6. The fourth-order valence-electron chi connectivity index (χ4n) is 2.06. The smallest absolute Gasteiger partial charge is 0.0575 e. The average Bonchev–Trinajstić information content (AvgIpc) is 2.29. The maximum Gasteiger partial charge on any atom is 0.0575 e. The van der Waals surface area contributed by atoms with Gasteiger partial charge < -0.3 is 10.2 Å². The van der Waals surface area contributed by atoms with Crippen molar-refractivity contribution in [1.82, 2.24) is 10.4 Å². The monoisotopic (exact) mass is 206 g/mol. The zero-order valence-electron chi connectivity index (χ0n) is 9.42. The molecule has 15 heavy (non-hydrogen) atoms. The van der Waals surface area contributed by atoms with E-state index in [9.17, 15) is 0 Å². The van der Waals surface area contributed by atoms with Crippen LogP contribution >= 0.6 is 0 Å². The molecule has 0 fully saturated rings. The van der Waals surface area contributed by atoms with Gasteiger partial charge in [-0.1, -0.05) is 18.2 Å². The van der Waals surface area contributed by atoms with E-state index >= 15 is 0 Å². The minimum Gasteiger partial charge on any atom is -0.312 e. The Bertz CT molecular complexity index is 338. The molecule has 2 rings (SSSR count). The highest BCUT2D eigenvalue weighted by Gasteiger charge is 2.12. The molecule has 0 amide bonds. The molecule has 0 aromatic heterocycles. The van der Waals surface area contributed by atoms with Crippen LogP contribution in [0.3, 0.4) is 0 Å². The van der Waals surface area contributed by atoms with Crippen LogP contribution in [0.15, 0.2) is 18.2 Å². The topological polar surface area (TPSA) is 24.5 Å². The van der Waals surface area contributed by atoms with Gasteiger partial charge in [-0.05, 0) is 29.7 Å². The molecule has 1 aliphatic heterocycles. The summed E-state index contributed by atoms with van der Waals surface area (Å²) >= 11 is 0. The minimum absolute atomic E-state index is 0.861. The molecule has 3 heteroatoms. The van der Waals surface area contributed by atoms with E-state index in [2.05, 4.69) is 23.5 Å². The summed E-state index contributed by atoms with van der Waals surface area (Å²) in [5, 5.41) is 5.25. The van der Waals surface area contributed by atoms with Gasteiger partial charge in [-0.15, -0.1) is 0 Å². The zero-order chi connectivity index (χ0) is 10.7. The van der Waals surface area contributed by atoms with Crippen molar-refractivity contribution in [3.63, 3.8) is 0 Å². The molecule has 1 aromatic rings. The van der Waals surface area contributed by atoms with Crippen molar-refractivity contribution in [2.75, 3.05) is 20.7 Å². The molecule has 82 valence electrons. The zero-order valence-corrected chi connectivity index (χ0v) is 9.42. The van der Waals surface area contributed by atoms with Crippen molar-refractivity contribution in [3.05, 3.63) is 34.9 Å². The Labute approximate surface area is 91.0 Å². The third-order valence-corrected chi connectivity index (χ3v) is 2.94. The van der Waals surface area contributed by atoms with Crippen molar-refractivity contribution in [1.29, 1.82) is 0 Å². The molecule has 1 heterocycles. The van der Waals surface area contributed by atoms with Gasteiger partial charge >= 0.3 is 0 Å². The lowest BCUT2D eigenvalue weighted by atomic mass is 9.95. The van der Waals surface area contributed by atoms with Crippen molar-refractivity contribution in [3.8, 4) is 0 Å². The van der Waals surface area contributed by atoms with E-state index in [0.29, 0.717) is 0 Å². The normalized spacial score (nSPS) is 15.4. The lowest BCUT2D eigenvalue weighted by Gasteiger charge is -2.22. The average molecular weight is 206 g/mol. The number of nitrogens with zero attached hydrogens (tertiary/aromatic N) is 1. The summed E-state index contributed by atoms with van der Waals surface area (Å²) in [4.78, 5) is 5.16. The fourth-order valence-corrected chi connectivity index (χ4v) is 2.06. The Hall–Kier alpha value is -0.900. The third kappa shape index (κ3) is 2.37. The molecule has 1 N–H and O–H groups in total. The molecule has 3 nitrogen and oxygen atoms in total. The second kappa shape index (κ2) is 4.75. The Morgan fingerprint density at radius 2 is 2.33 bits per heavy atom. The van der Waals surface area contributed by atoms with Crippen LogP contribution in [0.1, 0.15) is 16.7 Å². The quantitative estimate of drug-likeness (QED) is 0.755. The Morgan fingerprint density at radius 1 is 1.47 bits per heavy atom. The van der Waals surface area contributed by atoms with Gasteiger partial charge in [0.2, 0.25) is 0 Å². The van der Waals surface area contributed by atoms with E-state index in [0.717, 1.165) is 26.1 Å². The van der Waals surface area contributed by atoms with Crippen LogP contribution in [0.25, 0.3) is 0 Å². The van der Waals surface area contributed by atoms with Crippen LogP contribution in [0.2, 0.25) is 0 Å². The Kier molecular flexibility index (Phi) is 3.36. The van der Waals surface area contributed by atoms with Crippen molar-refractivity contribution in [2.24, 2.45) is 0 Å². The lowest BCUT2D eigenvalue weighted by Crippen LogP contribution is -2.26. The number of benzene rings is 1. The molecule has 0 aliphatic carbocycles. The maximum atomic E-state index is 5.16. The first-order chi connectivity index (χ1) is 7.31. The van der Waals surface area contributed by atoms with Crippen LogP contribution in [-0.2, 0) is 24.3 Å². The molecule has 1 aromatic carbocycles. The molecule has 0 atom stereocenters. The summed E-state index contributed by atoms with van der Waals surface area (Å²) in [7, 11) is 3.66. The van der Waals surface area contributed by atoms with Crippen LogP contribution in [0.4, 0.5) is 0 Å². The second-order valence-electron chi connectivity index (χ2n) is 3.95. The lowest BCUT2D eigenvalue weighted by molar-refractivity contribution is -0.116. The largest absolute Gasteiger partial charge is 0.312 e. The minimum atomic E-state index is 0.861. The van der Waals surface area contributed by atoms with Gasteiger partial charge in [-0.3, -0.25) is 0 Å². The van der Waals surface area contributed by atoms with E-state index in [1.165, 1.54) is 16.7 Å². The van der Waals surface area contributed by atoms with Crippen LogP contribution in [-0.4, -0.2) is 25.8 Å². The Morgan fingerprint density at radius 3 is 3.13 bits per heavy atom. The summed E-state index contributed by atoms with van der Waals surface area (Å²) < 4.78 is 0. The predicted molar refractivity (Wildman–Crippen MR) is 60.3 cm³/mol. The SMILES string of the molecule is CON(C)Cc1cccc2c1CCNC2. The number of nitrogens with one attached hydrogen (secondary N) is 1. The molecule has 0 saturated carbocycles. The van der Waals surface area contributed by atoms with E-state index < -0.39 is 0 Å². The van der Waals surface area contributed by atoms with Gasteiger partial charge in [0, 0.05) is 20.1 Å². The van der Waals surface area contributed by atoms with Crippen LogP contribution in [0.5, 0.6) is 0 Å². The fraction of sp³-hybridized carbons (Fsp3) is 0.500. The Balaban J connectivity index is 2.23. The predicted octanol–water partition coefficient (Wildman–Crippen LogP) is 1.33. The van der Waals surface area contributed by atoms with Gasteiger partial charge in [-0.2, -0.15) is 5.06 Å². The number of hydroxylamine groups is 2. The molecule has 0 unspecified atom stereocenters.